The van der Waals surface area contributed by atoms with Crippen molar-refractivity contribution in [2.24, 2.45) is 5.41 Å². The number of fused-ring (bicyclic) bond motifs is 1. The molecule has 4 rings (SSSR count). The lowest BCUT2D eigenvalue weighted by atomic mass is 9.74. The van der Waals surface area contributed by atoms with Crippen molar-refractivity contribution in [3.63, 3.8) is 0 Å². The lowest BCUT2D eigenvalue weighted by Crippen LogP contribution is -2.30. The second kappa shape index (κ2) is 7.16. The van der Waals surface area contributed by atoms with E-state index in [1.54, 1.807) is 0 Å². The normalized spacial score (nSPS) is 18.5. The third-order valence-electron chi connectivity index (χ3n) is 6.23. The maximum atomic E-state index is 12.7. The molecule has 0 bridgehead atoms. The Hall–Kier alpha value is -2.49. The molecule has 0 saturated heterocycles. The number of nitrogens with one attached hydrogen (secondary N) is 2. The van der Waals surface area contributed by atoms with Gasteiger partial charge in [0.2, 0.25) is 0 Å². The van der Waals surface area contributed by atoms with Gasteiger partial charge >= 0.3 is 0 Å². The van der Waals surface area contributed by atoms with Gasteiger partial charge in [0, 0.05) is 53.1 Å². The quantitative estimate of drug-likeness (QED) is 0.779. The molecule has 0 radical (unpaired) electrons. The van der Waals surface area contributed by atoms with Crippen LogP contribution in [0.25, 0.3) is 16.5 Å². The van der Waals surface area contributed by atoms with E-state index in [4.69, 9.17) is 0 Å². The lowest BCUT2D eigenvalue weighted by Gasteiger charge is -2.36. The van der Waals surface area contributed by atoms with Crippen molar-refractivity contribution in [1.29, 1.82) is 0 Å². The third-order valence-corrected chi connectivity index (χ3v) is 6.23. The predicted molar refractivity (Wildman–Crippen MR) is 116 cm³/mol. The van der Waals surface area contributed by atoms with E-state index in [1.807, 2.05) is 36.9 Å². The molecule has 2 aromatic rings. The molecule has 1 amide bonds. The summed E-state index contributed by atoms with van der Waals surface area (Å²) in [7, 11) is 0. The van der Waals surface area contributed by atoms with Crippen molar-refractivity contribution >= 4 is 22.4 Å². The first-order chi connectivity index (χ1) is 13.4. The van der Waals surface area contributed by atoms with Gasteiger partial charge in [0.25, 0.3) is 5.91 Å². The molecular formula is C24H31N3O. The molecule has 148 valence electrons. The average Bonchev–Trinajstić information content (AvgIpc) is 3.10. The van der Waals surface area contributed by atoms with Crippen LogP contribution >= 0.6 is 0 Å². The highest BCUT2D eigenvalue weighted by Gasteiger charge is 2.30. The molecular weight excluding hydrogens is 346 g/mol. The monoisotopic (exact) mass is 377 g/mol. The molecule has 0 atom stereocenters. The largest absolute Gasteiger partial charge is 0.385 e. The number of carbonyl (C=O) groups is 1. The number of aromatic amines is 1. The molecule has 2 N–H and O–H groups in total. The Morgan fingerprint density at radius 3 is 2.71 bits per heavy atom. The molecule has 1 aliphatic carbocycles. The molecule has 0 fully saturated rings. The van der Waals surface area contributed by atoms with E-state index in [0.717, 1.165) is 54.6 Å². The zero-order valence-corrected chi connectivity index (χ0v) is 17.5. The van der Waals surface area contributed by atoms with E-state index in [-0.39, 0.29) is 5.91 Å². The third kappa shape index (κ3) is 3.36. The number of hydrogen-bond acceptors (Lipinski definition) is 2. The summed E-state index contributed by atoms with van der Waals surface area (Å²) in [5.41, 5.74) is 7.58. The molecule has 28 heavy (non-hydrogen) atoms. The summed E-state index contributed by atoms with van der Waals surface area (Å²) in [5.74, 6) is 0.107. The van der Waals surface area contributed by atoms with Crippen LogP contribution < -0.4 is 5.32 Å². The van der Waals surface area contributed by atoms with Crippen LogP contribution in [0, 0.1) is 5.41 Å². The molecule has 2 aliphatic rings. The zero-order valence-electron chi connectivity index (χ0n) is 17.5. The van der Waals surface area contributed by atoms with Crippen LogP contribution in [-0.2, 0) is 0 Å². The molecule has 0 spiro atoms. The number of hydrogen-bond donors (Lipinski definition) is 2. The number of rotatable bonds is 4. The van der Waals surface area contributed by atoms with Crippen LogP contribution in [0.2, 0.25) is 0 Å². The standard InChI is InChI=1S/C24H31N3O/c1-5-27(6-2)23(28)16-7-8-20-17(13-16)14-21(26-20)19-10-12-25-22-15-24(3,4)11-9-18(19)22/h7-8,10,13-14,25-26H,5-6,9,11-12,15H2,1-4H3. The first-order valence-corrected chi connectivity index (χ1v) is 10.5. The minimum absolute atomic E-state index is 0.107. The van der Waals surface area contributed by atoms with Gasteiger partial charge in [-0.05, 0) is 68.4 Å². The average molecular weight is 378 g/mol. The summed E-state index contributed by atoms with van der Waals surface area (Å²) in [4.78, 5) is 18.1. The Kier molecular flexibility index (Phi) is 4.82. The topological polar surface area (TPSA) is 48.1 Å². The number of allylic oxidation sites excluding steroid dienone is 3. The van der Waals surface area contributed by atoms with E-state index < -0.39 is 0 Å². The maximum Gasteiger partial charge on any atom is 0.253 e. The molecule has 4 heteroatoms. The zero-order chi connectivity index (χ0) is 19.9. The highest BCUT2D eigenvalue weighted by Crippen LogP contribution is 2.43. The molecule has 0 unspecified atom stereocenters. The number of dihydropyridines is 1. The summed E-state index contributed by atoms with van der Waals surface area (Å²) in [6.45, 7) is 11.1. The summed E-state index contributed by atoms with van der Waals surface area (Å²) < 4.78 is 0. The Bertz CT molecular complexity index is 973. The van der Waals surface area contributed by atoms with Crippen LogP contribution in [-0.4, -0.2) is 35.4 Å². The van der Waals surface area contributed by atoms with Crippen molar-refractivity contribution < 1.29 is 4.79 Å². The first kappa shape index (κ1) is 18.9. The van der Waals surface area contributed by atoms with E-state index >= 15 is 0 Å². The first-order valence-electron chi connectivity index (χ1n) is 10.5. The molecule has 1 aromatic carbocycles. The molecule has 4 nitrogen and oxygen atoms in total. The Morgan fingerprint density at radius 2 is 1.96 bits per heavy atom. The van der Waals surface area contributed by atoms with Gasteiger partial charge in [-0.1, -0.05) is 19.9 Å². The molecule has 1 aliphatic heterocycles. The number of benzene rings is 1. The van der Waals surface area contributed by atoms with Crippen molar-refractivity contribution in [2.75, 3.05) is 19.6 Å². The van der Waals surface area contributed by atoms with Crippen molar-refractivity contribution in [2.45, 2.75) is 47.0 Å². The van der Waals surface area contributed by atoms with Crippen molar-refractivity contribution in [3.05, 3.63) is 52.9 Å². The fraction of sp³-hybridized carbons (Fsp3) is 0.458. The van der Waals surface area contributed by atoms with Gasteiger partial charge in [-0.3, -0.25) is 4.79 Å². The van der Waals surface area contributed by atoms with Crippen LogP contribution in [0.15, 0.2) is 41.6 Å². The van der Waals surface area contributed by atoms with Gasteiger partial charge in [-0.25, -0.2) is 0 Å². The molecule has 1 aromatic heterocycles. The lowest BCUT2D eigenvalue weighted by molar-refractivity contribution is 0.0773. The molecule has 0 saturated carbocycles. The summed E-state index contributed by atoms with van der Waals surface area (Å²) in [6, 6.07) is 8.21. The predicted octanol–water partition coefficient (Wildman–Crippen LogP) is 5.10. The number of nitrogens with zero attached hydrogens (tertiary/aromatic N) is 1. The summed E-state index contributed by atoms with van der Waals surface area (Å²) in [6.07, 6.45) is 5.74. The Morgan fingerprint density at radius 1 is 1.18 bits per heavy atom. The number of aromatic nitrogens is 1. The highest BCUT2D eigenvalue weighted by molar-refractivity contribution is 5.99. The minimum Gasteiger partial charge on any atom is -0.385 e. The maximum absolute atomic E-state index is 12.7. The van der Waals surface area contributed by atoms with Crippen LogP contribution in [0.4, 0.5) is 0 Å². The van der Waals surface area contributed by atoms with Gasteiger partial charge in [0.15, 0.2) is 0 Å². The van der Waals surface area contributed by atoms with Crippen LogP contribution in [0.1, 0.15) is 63.0 Å². The Labute approximate surface area is 167 Å². The van der Waals surface area contributed by atoms with E-state index in [1.165, 1.54) is 23.3 Å². The SMILES string of the molecule is CCN(CC)C(=O)c1ccc2[nH]c(C3=CCNC4=C3CCC(C)(C)C4)cc2c1. The summed E-state index contributed by atoms with van der Waals surface area (Å²) >= 11 is 0. The van der Waals surface area contributed by atoms with E-state index in [9.17, 15) is 4.79 Å². The minimum atomic E-state index is 0.107. The fourth-order valence-electron chi connectivity index (χ4n) is 4.53. The number of carbonyl (C=O) groups excluding carboxylic acids is 1. The number of H-pyrrole nitrogens is 1. The second-order valence-electron chi connectivity index (χ2n) is 8.76. The van der Waals surface area contributed by atoms with E-state index in [0.29, 0.717) is 5.41 Å². The molecule has 2 heterocycles. The van der Waals surface area contributed by atoms with Crippen molar-refractivity contribution in [3.8, 4) is 0 Å². The van der Waals surface area contributed by atoms with Crippen LogP contribution in [0.3, 0.4) is 0 Å². The van der Waals surface area contributed by atoms with Gasteiger partial charge in [0.05, 0.1) is 0 Å². The number of amides is 1. The van der Waals surface area contributed by atoms with Gasteiger partial charge in [0.1, 0.15) is 0 Å². The van der Waals surface area contributed by atoms with Crippen molar-refractivity contribution in [1.82, 2.24) is 15.2 Å². The smallest absolute Gasteiger partial charge is 0.253 e. The van der Waals surface area contributed by atoms with Crippen LogP contribution in [0.5, 0.6) is 0 Å². The van der Waals surface area contributed by atoms with E-state index in [2.05, 4.69) is 36.3 Å². The summed E-state index contributed by atoms with van der Waals surface area (Å²) in [5, 5.41) is 4.70. The fourth-order valence-corrected chi connectivity index (χ4v) is 4.53. The highest BCUT2D eigenvalue weighted by atomic mass is 16.2. The van der Waals surface area contributed by atoms with Gasteiger partial charge < -0.3 is 15.2 Å². The van der Waals surface area contributed by atoms with Gasteiger partial charge in [-0.15, -0.1) is 0 Å². The Balaban J connectivity index is 1.68. The van der Waals surface area contributed by atoms with Gasteiger partial charge in [-0.2, -0.15) is 0 Å². The second-order valence-corrected chi connectivity index (χ2v) is 8.76.